The zero-order chi connectivity index (χ0) is 17.8. The van der Waals surface area contributed by atoms with Crippen molar-refractivity contribution >= 4 is 6.29 Å². The molecule has 0 aromatic carbocycles. The Morgan fingerprint density at radius 2 is 1.62 bits per heavy atom. The molecular weight excluding hydrogens is 310 g/mol. The van der Waals surface area contributed by atoms with E-state index in [1.807, 2.05) is 0 Å². The zero-order valence-electron chi connectivity index (χ0n) is 14.6. The third kappa shape index (κ3) is 3.15. The maximum absolute atomic E-state index is 11.6. The molecule has 6 atom stereocenters. The van der Waals surface area contributed by atoms with Crippen LogP contribution in [0.25, 0.3) is 0 Å². The van der Waals surface area contributed by atoms with Crippen molar-refractivity contribution in [3.63, 3.8) is 0 Å². The maximum atomic E-state index is 11.6. The van der Waals surface area contributed by atoms with E-state index in [0.29, 0.717) is 12.2 Å². The molecular formula is C18H31NO5. The SMILES string of the molecule is CC12CC3CC(C)(C1)CC(NC(C=O)[C@@H](O)[C@H](O)[C@H](O)CO)(C3)C2. The molecule has 6 nitrogen and oxygen atoms in total. The number of hydrogen-bond acceptors (Lipinski definition) is 6. The topological polar surface area (TPSA) is 110 Å². The number of aldehydes is 1. The van der Waals surface area contributed by atoms with Gasteiger partial charge < -0.3 is 25.2 Å². The minimum Gasteiger partial charge on any atom is -0.394 e. The van der Waals surface area contributed by atoms with Crippen LogP contribution in [0.15, 0.2) is 0 Å². The predicted molar refractivity (Wildman–Crippen MR) is 88.2 cm³/mol. The van der Waals surface area contributed by atoms with E-state index in [-0.39, 0.29) is 16.4 Å². The van der Waals surface area contributed by atoms with Gasteiger partial charge in [-0.2, -0.15) is 0 Å². The minimum absolute atomic E-state index is 0.195. The van der Waals surface area contributed by atoms with Crippen LogP contribution < -0.4 is 5.32 Å². The highest BCUT2D eigenvalue weighted by atomic mass is 16.4. The summed E-state index contributed by atoms with van der Waals surface area (Å²) in [7, 11) is 0. The molecule has 0 radical (unpaired) electrons. The third-order valence-corrected chi connectivity index (χ3v) is 6.54. The van der Waals surface area contributed by atoms with Crippen LogP contribution in [0, 0.1) is 16.7 Å². The van der Waals surface area contributed by atoms with E-state index < -0.39 is 31.0 Å². The quantitative estimate of drug-likeness (QED) is 0.416. The standard InChI is InChI=1S/C18H31NO5/c1-16-3-11-4-17(2,8-16)10-18(5-11,9-16)19-12(6-20)14(23)15(24)13(22)7-21/h6,11-15,19,21-24H,3-5,7-10H2,1-2H3/t11?,12?,13-,14-,15-,16?,17?,18?/m1/s1. The molecule has 0 aliphatic heterocycles. The number of rotatable bonds is 7. The number of carbonyl (C=O) groups is 1. The Kier molecular flexibility index (Phi) is 4.58. The summed E-state index contributed by atoms with van der Waals surface area (Å²) in [5.74, 6) is 0.640. The first-order valence-corrected chi connectivity index (χ1v) is 9.01. The summed E-state index contributed by atoms with van der Waals surface area (Å²) in [6, 6.07) is -0.954. The fourth-order valence-electron chi connectivity index (χ4n) is 6.71. The van der Waals surface area contributed by atoms with E-state index >= 15 is 0 Å². The Morgan fingerprint density at radius 1 is 1.04 bits per heavy atom. The Labute approximate surface area is 143 Å². The van der Waals surface area contributed by atoms with Crippen LogP contribution in [0.4, 0.5) is 0 Å². The summed E-state index contributed by atoms with van der Waals surface area (Å²) >= 11 is 0. The first-order valence-electron chi connectivity index (χ1n) is 9.01. The lowest BCUT2D eigenvalue weighted by molar-refractivity contribution is -0.140. The van der Waals surface area contributed by atoms with E-state index in [2.05, 4.69) is 19.2 Å². The molecule has 4 rings (SSSR count). The van der Waals surface area contributed by atoms with Gasteiger partial charge in [0.15, 0.2) is 0 Å². The van der Waals surface area contributed by atoms with Gasteiger partial charge in [-0.3, -0.25) is 5.32 Å². The lowest BCUT2D eigenvalue weighted by Gasteiger charge is -2.66. The molecule has 5 N–H and O–H groups in total. The molecule has 138 valence electrons. The average Bonchev–Trinajstić information content (AvgIpc) is 2.46. The molecule has 4 bridgehead atoms. The van der Waals surface area contributed by atoms with Crippen molar-refractivity contribution in [1.82, 2.24) is 5.32 Å². The van der Waals surface area contributed by atoms with Crippen LogP contribution in [0.5, 0.6) is 0 Å². The third-order valence-electron chi connectivity index (χ3n) is 6.54. The van der Waals surface area contributed by atoms with E-state index in [1.165, 1.54) is 19.3 Å². The van der Waals surface area contributed by atoms with Gasteiger partial charge in [-0.1, -0.05) is 13.8 Å². The summed E-state index contributed by atoms with van der Waals surface area (Å²) in [5.41, 5.74) is 0.338. The van der Waals surface area contributed by atoms with E-state index in [4.69, 9.17) is 5.11 Å². The van der Waals surface area contributed by atoms with Crippen molar-refractivity contribution in [2.75, 3.05) is 6.61 Å². The number of aliphatic hydroxyl groups excluding tert-OH is 4. The molecule has 3 unspecified atom stereocenters. The molecule has 0 aromatic heterocycles. The summed E-state index contributed by atoms with van der Waals surface area (Å²) < 4.78 is 0. The molecule has 4 aliphatic carbocycles. The number of hydrogen-bond donors (Lipinski definition) is 5. The van der Waals surface area contributed by atoms with Crippen molar-refractivity contribution in [1.29, 1.82) is 0 Å². The predicted octanol–water partition coefficient (Wildman–Crippen LogP) is -0.0325. The zero-order valence-corrected chi connectivity index (χ0v) is 14.6. The van der Waals surface area contributed by atoms with Gasteiger partial charge in [-0.25, -0.2) is 0 Å². The second-order valence-corrected chi connectivity index (χ2v) is 9.45. The van der Waals surface area contributed by atoms with Gasteiger partial charge in [0, 0.05) is 5.54 Å². The number of aliphatic hydroxyl groups is 4. The normalized spacial score (nSPS) is 45.7. The molecule has 0 heterocycles. The minimum atomic E-state index is -1.56. The average molecular weight is 341 g/mol. The molecule has 0 amide bonds. The van der Waals surface area contributed by atoms with E-state index in [9.17, 15) is 20.1 Å². The van der Waals surface area contributed by atoms with Crippen molar-refractivity contribution in [3.05, 3.63) is 0 Å². The smallest absolute Gasteiger partial charge is 0.139 e. The van der Waals surface area contributed by atoms with Crippen molar-refractivity contribution in [3.8, 4) is 0 Å². The van der Waals surface area contributed by atoms with E-state index in [1.54, 1.807) is 0 Å². The van der Waals surface area contributed by atoms with Crippen molar-refractivity contribution in [2.45, 2.75) is 82.3 Å². The fourth-order valence-corrected chi connectivity index (χ4v) is 6.71. The van der Waals surface area contributed by atoms with Crippen LogP contribution in [0.3, 0.4) is 0 Å². The highest BCUT2D eigenvalue weighted by Crippen LogP contribution is 2.66. The summed E-state index contributed by atoms with van der Waals surface area (Å²) in [6.45, 7) is 3.99. The van der Waals surface area contributed by atoms with Gasteiger partial charge in [0.2, 0.25) is 0 Å². The fraction of sp³-hybridized carbons (Fsp3) is 0.944. The van der Waals surface area contributed by atoms with Crippen LogP contribution in [0.2, 0.25) is 0 Å². The van der Waals surface area contributed by atoms with Crippen LogP contribution in [-0.4, -0.2) is 63.2 Å². The van der Waals surface area contributed by atoms with Gasteiger partial charge in [0.05, 0.1) is 12.6 Å². The van der Waals surface area contributed by atoms with E-state index in [0.717, 1.165) is 19.3 Å². The van der Waals surface area contributed by atoms with Crippen molar-refractivity contribution < 1.29 is 25.2 Å². The molecule has 24 heavy (non-hydrogen) atoms. The molecule has 0 saturated heterocycles. The number of nitrogens with one attached hydrogen (secondary N) is 1. The Hall–Kier alpha value is -0.530. The van der Waals surface area contributed by atoms with Gasteiger partial charge in [0.1, 0.15) is 24.6 Å². The molecule has 0 spiro atoms. The lowest BCUT2D eigenvalue weighted by Crippen LogP contribution is -2.68. The Balaban J connectivity index is 1.77. The maximum Gasteiger partial charge on any atom is 0.139 e. The molecule has 6 heteroatoms. The Morgan fingerprint density at radius 3 is 2.08 bits per heavy atom. The van der Waals surface area contributed by atoms with Gasteiger partial charge in [0.25, 0.3) is 0 Å². The molecule has 4 saturated carbocycles. The monoisotopic (exact) mass is 341 g/mol. The second kappa shape index (κ2) is 6.02. The first-order chi connectivity index (χ1) is 11.1. The highest BCUT2D eigenvalue weighted by molar-refractivity contribution is 5.59. The van der Waals surface area contributed by atoms with Gasteiger partial charge in [-0.15, -0.1) is 0 Å². The van der Waals surface area contributed by atoms with Crippen LogP contribution in [0.1, 0.15) is 52.4 Å². The molecule has 4 aliphatic rings. The molecule has 0 aromatic rings. The highest BCUT2D eigenvalue weighted by Gasteiger charge is 2.60. The van der Waals surface area contributed by atoms with Crippen molar-refractivity contribution in [2.24, 2.45) is 16.7 Å². The van der Waals surface area contributed by atoms with Crippen LogP contribution >= 0.6 is 0 Å². The summed E-state index contributed by atoms with van der Waals surface area (Å²) in [6.07, 6.45) is 2.75. The Bertz CT molecular complexity index is 480. The first kappa shape index (κ1) is 18.3. The largest absolute Gasteiger partial charge is 0.394 e. The van der Waals surface area contributed by atoms with Gasteiger partial charge >= 0.3 is 0 Å². The molecule has 4 fully saturated rings. The summed E-state index contributed by atoms with van der Waals surface area (Å²) in [5, 5.41) is 42.1. The van der Waals surface area contributed by atoms with Crippen LogP contribution in [-0.2, 0) is 4.79 Å². The second-order valence-electron chi connectivity index (χ2n) is 9.45. The summed E-state index contributed by atoms with van der Waals surface area (Å²) in [4.78, 5) is 11.6. The number of carbonyl (C=O) groups excluding carboxylic acids is 1. The van der Waals surface area contributed by atoms with Gasteiger partial charge in [-0.05, 0) is 55.3 Å². The lowest BCUT2D eigenvalue weighted by atomic mass is 9.42.